The van der Waals surface area contributed by atoms with E-state index in [2.05, 4.69) is 4.90 Å². The van der Waals surface area contributed by atoms with Crippen LogP contribution in [-0.2, 0) is 31.0 Å². The summed E-state index contributed by atoms with van der Waals surface area (Å²) in [7, 11) is 2.05. The summed E-state index contributed by atoms with van der Waals surface area (Å²) in [6.07, 6.45) is 1.10. The second kappa shape index (κ2) is 4.59. The molecule has 28 heavy (non-hydrogen) atoms. The van der Waals surface area contributed by atoms with E-state index < -0.39 is 23.1 Å². The molecule has 0 N–H and O–H groups in total. The molecule has 6 aliphatic rings. The summed E-state index contributed by atoms with van der Waals surface area (Å²) in [4.78, 5) is 39.2. The smallest absolute Gasteiger partial charge is 0.308 e. The van der Waals surface area contributed by atoms with Crippen molar-refractivity contribution in [3.05, 3.63) is 23.3 Å². The van der Waals surface area contributed by atoms with Gasteiger partial charge in [0.2, 0.25) is 0 Å². The third-order valence-corrected chi connectivity index (χ3v) is 7.74. The molecule has 4 aliphatic carbocycles. The molecule has 7 nitrogen and oxygen atoms in total. The number of hydrogen-bond donors (Lipinski definition) is 0. The van der Waals surface area contributed by atoms with E-state index in [1.165, 1.54) is 13.8 Å². The zero-order valence-electron chi connectivity index (χ0n) is 16.0. The van der Waals surface area contributed by atoms with E-state index in [9.17, 15) is 14.4 Å². The van der Waals surface area contributed by atoms with Gasteiger partial charge in [-0.25, -0.2) is 0 Å². The fourth-order valence-electron chi connectivity index (χ4n) is 7.43. The summed E-state index contributed by atoms with van der Waals surface area (Å²) in [5, 5.41) is 0. The maximum absolute atomic E-state index is 13.1. The molecule has 7 heteroatoms. The number of esters is 2. The molecule has 7 rings (SSSR count). The number of rotatable bonds is 2. The van der Waals surface area contributed by atoms with E-state index in [1.54, 1.807) is 6.07 Å². The molecule has 1 saturated heterocycles. The minimum atomic E-state index is -0.772. The molecule has 0 radical (unpaired) electrons. The summed E-state index contributed by atoms with van der Waals surface area (Å²) in [5.41, 5.74) is 0.159. The summed E-state index contributed by atoms with van der Waals surface area (Å²) in [6.45, 7) is 3.51. The number of hydrogen-bond acceptors (Lipinski definition) is 7. The minimum Gasteiger partial charge on any atom is -0.477 e. The summed E-state index contributed by atoms with van der Waals surface area (Å²) in [5.74, 6) is 0.0837. The van der Waals surface area contributed by atoms with Gasteiger partial charge in [-0.3, -0.25) is 19.3 Å². The van der Waals surface area contributed by atoms with Crippen molar-refractivity contribution in [3.63, 3.8) is 0 Å². The Labute approximate surface area is 161 Å². The molecular weight excluding hydrogens is 362 g/mol. The monoisotopic (exact) mass is 383 g/mol. The van der Waals surface area contributed by atoms with Crippen molar-refractivity contribution >= 4 is 17.7 Å². The first-order valence-electron chi connectivity index (χ1n) is 9.70. The predicted molar refractivity (Wildman–Crippen MR) is 95.1 cm³/mol. The molecule has 2 heterocycles. The van der Waals surface area contributed by atoms with E-state index in [0.29, 0.717) is 24.3 Å². The Kier molecular flexibility index (Phi) is 2.71. The number of Topliss-reactive ketones (excluding diaryl/α,β-unsaturated/α-hetero) is 1. The zero-order valence-corrected chi connectivity index (χ0v) is 16.0. The zero-order chi connectivity index (χ0) is 19.6. The Bertz CT molecular complexity index is 1000. The standard InChI is InChI=1S/C21H21NO6/c1-10(23)26-14-5-4-12-6-15-21(28-11(2)24)19(9-22(15)3)7-13(25)18-20(21,8-19)16(12)17(14)27-18/h4-5,15,18H,6-9H2,1-3H3/t15?,18-,19?,20?,21?/m0/s1. The lowest BCUT2D eigenvalue weighted by molar-refractivity contribution is -0.272. The van der Waals surface area contributed by atoms with Crippen LogP contribution >= 0.6 is 0 Å². The van der Waals surface area contributed by atoms with Crippen LogP contribution in [0.25, 0.3) is 0 Å². The number of fused-ring (bicyclic) bond motifs is 1. The highest BCUT2D eigenvalue weighted by molar-refractivity contribution is 5.94. The van der Waals surface area contributed by atoms with Crippen LogP contribution in [0.5, 0.6) is 11.5 Å². The van der Waals surface area contributed by atoms with Crippen LogP contribution < -0.4 is 9.47 Å². The van der Waals surface area contributed by atoms with Gasteiger partial charge >= 0.3 is 11.9 Å². The fourth-order valence-corrected chi connectivity index (χ4v) is 7.43. The molecule has 1 aromatic carbocycles. The van der Waals surface area contributed by atoms with Crippen LogP contribution in [0.3, 0.4) is 0 Å². The van der Waals surface area contributed by atoms with E-state index >= 15 is 0 Å². The van der Waals surface area contributed by atoms with Crippen molar-refractivity contribution < 1.29 is 28.6 Å². The largest absolute Gasteiger partial charge is 0.477 e. The van der Waals surface area contributed by atoms with Crippen LogP contribution in [0.1, 0.15) is 37.8 Å². The van der Waals surface area contributed by atoms with Gasteiger partial charge in [0.05, 0.1) is 11.5 Å². The van der Waals surface area contributed by atoms with E-state index in [4.69, 9.17) is 14.2 Å². The van der Waals surface area contributed by atoms with Crippen molar-refractivity contribution in [2.75, 3.05) is 13.6 Å². The SMILES string of the molecule is CC(=O)Oc1ccc2c3c1O[C@H]1C(=O)CC45CN(C)C(C2)C4(OC(C)=O)C31C5. The van der Waals surface area contributed by atoms with Crippen molar-refractivity contribution in [3.8, 4) is 11.5 Å². The second-order valence-corrected chi connectivity index (χ2v) is 9.05. The van der Waals surface area contributed by atoms with Gasteiger partial charge in [-0.1, -0.05) is 6.07 Å². The van der Waals surface area contributed by atoms with Gasteiger partial charge in [-0.2, -0.15) is 0 Å². The van der Waals surface area contributed by atoms with Crippen LogP contribution in [-0.4, -0.2) is 54.0 Å². The Hall–Kier alpha value is -2.41. The minimum absolute atomic E-state index is 0.00220. The topological polar surface area (TPSA) is 82.1 Å². The second-order valence-electron chi connectivity index (χ2n) is 9.05. The van der Waals surface area contributed by atoms with Crippen LogP contribution in [0.4, 0.5) is 0 Å². The number of likely N-dealkylation sites (tertiary alicyclic amines) is 1. The third-order valence-electron chi connectivity index (χ3n) is 7.74. The summed E-state index contributed by atoms with van der Waals surface area (Å²) in [6, 6.07) is 3.70. The van der Waals surface area contributed by atoms with Gasteiger partial charge in [0.15, 0.2) is 23.4 Å². The van der Waals surface area contributed by atoms with E-state index in [0.717, 1.165) is 24.1 Å². The molecule has 4 unspecified atom stereocenters. The Balaban J connectivity index is 1.66. The normalized spacial score (nSPS) is 41.0. The lowest BCUT2D eigenvalue weighted by Gasteiger charge is -2.71. The van der Waals surface area contributed by atoms with Crippen molar-refractivity contribution in [1.29, 1.82) is 0 Å². The van der Waals surface area contributed by atoms with Gasteiger partial charge in [-0.15, -0.1) is 0 Å². The first-order chi connectivity index (χ1) is 13.3. The number of benzene rings is 1. The van der Waals surface area contributed by atoms with Crippen LogP contribution in [0.15, 0.2) is 12.1 Å². The van der Waals surface area contributed by atoms with E-state index in [-0.39, 0.29) is 23.2 Å². The number of ether oxygens (including phenoxy) is 3. The Morgan fingerprint density at radius 1 is 1.25 bits per heavy atom. The van der Waals surface area contributed by atoms with Gasteiger partial charge < -0.3 is 14.2 Å². The molecule has 1 aromatic rings. The highest BCUT2D eigenvalue weighted by Gasteiger charge is 2.91. The van der Waals surface area contributed by atoms with Crippen molar-refractivity contribution in [1.82, 2.24) is 4.90 Å². The highest BCUT2D eigenvalue weighted by atomic mass is 16.6. The highest BCUT2D eigenvalue weighted by Crippen LogP contribution is 2.80. The molecule has 0 aromatic heterocycles. The number of carbonyl (C=O) groups is 3. The molecule has 2 spiro atoms. The van der Waals surface area contributed by atoms with E-state index in [1.807, 2.05) is 13.1 Å². The maximum atomic E-state index is 13.1. The lowest BCUT2D eigenvalue weighted by Crippen LogP contribution is -2.85. The Morgan fingerprint density at radius 3 is 2.75 bits per heavy atom. The molecule has 4 fully saturated rings. The number of likely N-dealkylation sites (N-methyl/N-ethyl adjacent to an activating group) is 1. The summed E-state index contributed by atoms with van der Waals surface area (Å²) >= 11 is 0. The predicted octanol–water partition coefficient (Wildman–Crippen LogP) is 1.15. The first-order valence-corrected chi connectivity index (χ1v) is 9.70. The molecule has 2 aliphatic heterocycles. The first kappa shape index (κ1) is 16.5. The summed E-state index contributed by atoms with van der Waals surface area (Å²) < 4.78 is 17.8. The van der Waals surface area contributed by atoms with Gasteiger partial charge in [0, 0.05) is 37.8 Å². The number of nitrogens with zero attached hydrogens (tertiary/aromatic N) is 1. The average Bonchev–Trinajstić information content (AvgIpc) is 3.05. The third kappa shape index (κ3) is 1.44. The van der Waals surface area contributed by atoms with Crippen LogP contribution in [0, 0.1) is 5.41 Å². The lowest BCUT2D eigenvalue weighted by atomic mass is 9.32. The van der Waals surface area contributed by atoms with Crippen molar-refractivity contribution in [2.24, 2.45) is 5.41 Å². The molecule has 3 saturated carbocycles. The van der Waals surface area contributed by atoms with Crippen LogP contribution in [0.2, 0.25) is 0 Å². The van der Waals surface area contributed by atoms with Gasteiger partial charge in [0.25, 0.3) is 0 Å². The molecular formula is C21H21NO6. The Morgan fingerprint density at radius 2 is 2.04 bits per heavy atom. The van der Waals surface area contributed by atoms with Gasteiger partial charge in [0.1, 0.15) is 5.60 Å². The molecule has 5 atom stereocenters. The average molecular weight is 383 g/mol. The maximum Gasteiger partial charge on any atom is 0.308 e. The molecule has 146 valence electrons. The number of ketones is 1. The molecule has 0 amide bonds. The molecule has 2 bridgehead atoms. The quantitative estimate of drug-likeness (QED) is 0.560. The number of carbonyl (C=O) groups excluding carboxylic acids is 3. The van der Waals surface area contributed by atoms with Gasteiger partial charge in [-0.05, 0) is 31.5 Å². The van der Waals surface area contributed by atoms with Crippen molar-refractivity contribution in [2.45, 2.75) is 56.3 Å². The fraction of sp³-hybridized carbons (Fsp3) is 0.571.